The molecular weight excluding hydrogens is 343 g/mol. The Kier molecular flexibility index (Phi) is 3.78. The molecule has 0 aliphatic carbocycles. The molecule has 17 heavy (non-hydrogen) atoms. The van der Waals surface area contributed by atoms with E-state index in [-0.39, 0.29) is 0 Å². The average molecular weight is 350 g/mol. The molecule has 0 unspecified atom stereocenters. The van der Waals surface area contributed by atoms with Gasteiger partial charge in [-0.25, -0.2) is 4.98 Å². The largest absolute Gasteiger partial charge is 0.233 e. The minimum atomic E-state index is 0.635. The van der Waals surface area contributed by atoms with Gasteiger partial charge in [0.25, 0.3) is 0 Å². The van der Waals surface area contributed by atoms with Crippen LogP contribution in [0.15, 0.2) is 23.6 Å². The summed E-state index contributed by atoms with van der Waals surface area (Å²) in [6.07, 6.45) is 0. The third kappa shape index (κ3) is 3.29. The van der Waals surface area contributed by atoms with Gasteiger partial charge in [0, 0.05) is 14.5 Å². The van der Waals surface area contributed by atoms with Crippen LogP contribution in [0, 0.1) is 33.7 Å². The Bertz CT molecular complexity index is 656. The first-order chi connectivity index (χ1) is 8.17. The Morgan fingerprint density at radius 1 is 1.24 bits per heavy atom. The van der Waals surface area contributed by atoms with E-state index in [0.29, 0.717) is 5.56 Å². The van der Waals surface area contributed by atoms with Gasteiger partial charge in [0.05, 0.1) is 16.6 Å². The average Bonchev–Trinajstić information content (AvgIpc) is 2.72. The van der Waals surface area contributed by atoms with Crippen LogP contribution in [0.4, 0.5) is 0 Å². The summed E-state index contributed by atoms with van der Waals surface area (Å²) in [7, 11) is 0. The molecule has 1 heterocycles. The van der Waals surface area contributed by atoms with E-state index < -0.39 is 0 Å². The summed E-state index contributed by atoms with van der Waals surface area (Å²) in [5.74, 6) is 6.02. The maximum absolute atomic E-state index is 8.86. The molecule has 0 N–H and O–H groups in total. The highest BCUT2D eigenvalue weighted by molar-refractivity contribution is 14.1. The highest BCUT2D eigenvalue weighted by Gasteiger charge is 1.97. The molecule has 0 amide bonds. The number of aromatic nitrogens is 1. The first kappa shape index (κ1) is 12.1. The van der Waals surface area contributed by atoms with Gasteiger partial charge in [-0.2, -0.15) is 5.26 Å². The van der Waals surface area contributed by atoms with E-state index in [1.54, 1.807) is 17.4 Å². The van der Waals surface area contributed by atoms with Crippen molar-refractivity contribution in [1.29, 1.82) is 5.26 Å². The number of benzene rings is 1. The Labute approximate surface area is 117 Å². The van der Waals surface area contributed by atoms with E-state index in [1.165, 1.54) is 0 Å². The van der Waals surface area contributed by atoms with Crippen molar-refractivity contribution in [2.75, 3.05) is 0 Å². The lowest BCUT2D eigenvalue weighted by Gasteiger charge is -1.94. The van der Waals surface area contributed by atoms with Crippen molar-refractivity contribution in [3.63, 3.8) is 0 Å². The Balaban J connectivity index is 2.34. The number of aryl methyl sites for hydroxylation is 1. The summed E-state index contributed by atoms with van der Waals surface area (Å²) in [5, 5.41) is 11.8. The molecule has 0 bridgehead atoms. The second-order valence-corrected chi connectivity index (χ2v) is 5.65. The van der Waals surface area contributed by atoms with Crippen LogP contribution in [-0.4, -0.2) is 4.98 Å². The molecule has 2 rings (SSSR count). The van der Waals surface area contributed by atoms with Crippen LogP contribution >= 0.6 is 33.9 Å². The first-order valence-electron chi connectivity index (χ1n) is 4.82. The zero-order chi connectivity index (χ0) is 12.3. The molecule has 0 radical (unpaired) electrons. The zero-order valence-corrected chi connectivity index (χ0v) is 12.0. The van der Waals surface area contributed by atoms with Gasteiger partial charge in [-0.15, -0.1) is 11.3 Å². The SMILES string of the molecule is Cc1nc(C#Cc2cc(I)cc(C#N)c2)cs1. The summed E-state index contributed by atoms with van der Waals surface area (Å²) < 4.78 is 1.01. The lowest BCUT2D eigenvalue weighted by molar-refractivity contribution is 1.27. The van der Waals surface area contributed by atoms with Gasteiger partial charge < -0.3 is 0 Å². The molecule has 0 saturated carbocycles. The monoisotopic (exact) mass is 350 g/mol. The molecule has 0 spiro atoms. The second-order valence-electron chi connectivity index (χ2n) is 3.34. The highest BCUT2D eigenvalue weighted by atomic mass is 127. The lowest BCUT2D eigenvalue weighted by atomic mass is 10.1. The van der Waals surface area contributed by atoms with Gasteiger partial charge in [-0.3, -0.25) is 0 Å². The molecule has 2 aromatic rings. The second kappa shape index (κ2) is 5.31. The number of hydrogen-bond acceptors (Lipinski definition) is 3. The van der Waals surface area contributed by atoms with Gasteiger partial charge in [0.2, 0.25) is 0 Å². The number of halogens is 1. The third-order valence-corrected chi connectivity index (χ3v) is 3.38. The molecule has 1 aromatic carbocycles. The highest BCUT2D eigenvalue weighted by Crippen LogP contribution is 2.12. The molecule has 2 nitrogen and oxygen atoms in total. The van der Waals surface area contributed by atoms with Gasteiger partial charge in [0.15, 0.2) is 0 Å². The summed E-state index contributed by atoms with van der Waals surface area (Å²) in [6.45, 7) is 1.95. The van der Waals surface area contributed by atoms with E-state index in [9.17, 15) is 0 Å². The predicted octanol–water partition coefficient (Wildman–Crippen LogP) is 3.33. The molecule has 0 atom stereocenters. The number of nitrogens with zero attached hydrogens (tertiary/aromatic N) is 2. The van der Waals surface area contributed by atoms with Gasteiger partial charge in [-0.05, 0) is 53.6 Å². The quantitative estimate of drug-likeness (QED) is 0.540. The van der Waals surface area contributed by atoms with Gasteiger partial charge in [-0.1, -0.05) is 5.92 Å². The van der Waals surface area contributed by atoms with Crippen molar-refractivity contribution < 1.29 is 0 Å². The van der Waals surface area contributed by atoms with Crippen LogP contribution < -0.4 is 0 Å². The minimum absolute atomic E-state index is 0.635. The van der Waals surface area contributed by atoms with E-state index >= 15 is 0 Å². The lowest BCUT2D eigenvalue weighted by Crippen LogP contribution is -1.82. The number of thiazole rings is 1. The van der Waals surface area contributed by atoms with Crippen LogP contribution in [0.25, 0.3) is 0 Å². The van der Waals surface area contributed by atoms with Gasteiger partial charge in [0.1, 0.15) is 5.69 Å². The molecule has 0 aliphatic heterocycles. The fourth-order valence-electron chi connectivity index (χ4n) is 1.28. The van der Waals surface area contributed by atoms with Crippen LogP contribution in [0.1, 0.15) is 21.8 Å². The minimum Gasteiger partial charge on any atom is -0.233 e. The Morgan fingerprint density at radius 2 is 2.00 bits per heavy atom. The summed E-state index contributed by atoms with van der Waals surface area (Å²) >= 11 is 3.76. The molecular formula is C13H7IN2S. The van der Waals surface area contributed by atoms with Crippen LogP contribution in [-0.2, 0) is 0 Å². The first-order valence-corrected chi connectivity index (χ1v) is 6.78. The van der Waals surface area contributed by atoms with E-state index in [4.69, 9.17) is 5.26 Å². The summed E-state index contributed by atoms with van der Waals surface area (Å²) in [4.78, 5) is 4.27. The molecule has 0 fully saturated rings. The van der Waals surface area contributed by atoms with Crippen molar-refractivity contribution in [2.45, 2.75) is 6.92 Å². The number of nitriles is 1. The molecule has 82 valence electrons. The maximum atomic E-state index is 8.86. The maximum Gasteiger partial charge on any atom is 0.124 e. The van der Waals surface area contributed by atoms with E-state index in [2.05, 4.69) is 45.5 Å². The van der Waals surface area contributed by atoms with Crippen molar-refractivity contribution in [1.82, 2.24) is 4.98 Å². The topological polar surface area (TPSA) is 36.7 Å². The zero-order valence-electron chi connectivity index (χ0n) is 8.99. The normalized spacial score (nSPS) is 9.24. The third-order valence-electron chi connectivity index (χ3n) is 1.98. The summed E-state index contributed by atoms with van der Waals surface area (Å²) in [5.41, 5.74) is 2.26. The Morgan fingerprint density at radius 3 is 2.65 bits per heavy atom. The fraction of sp³-hybridized carbons (Fsp3) is 0.0769. The Hall–Kier alpha value is -1.37. The predicted molar refractivity (Wildman–Crippen MR) is 76.7 cm³/mol. The van der Waals surface area contributed by atoms with E-state index in [0.717, 1.165) is 19.8 Å². The number of rotatable bonds is 0. The summed E-state index contributed by atoms with van der Waals surface area (Å²) in [6, 6.07) is 7.69. The molecule has 0 aliphatic rings. The smallest absolute Gasteiger partial charge is 0.124 e. The van der Waals surface area contributed by atoms with Crippen molar-refractivity contribution in [2.24, 2.45) is 0 Å². The van der Waals surface area contributed by atoms with Crippen LogP contribution in [0.3, 0.4) is 0 Å². The van der Waals surface area contributed by atoms with Crippen LogP contribution in [0.2, 0.25) is 0 Å². The fourth-order valence-corrected chi connectivity index (χ4v) is 2.50. The molecule has 0 saturated heterocycles. The van der Waals surface area contributed by atoms with Crippen molar-refractivity contribution >= 4 is 33.9 Å². The number of hydrogen-bond donors (Lipinski definition) is 0. The molecule has 4 heteroatoms. The van der Waals surface area contributed by atoms with Crippen LogP contribution in [0.5, 0.6) is 0 Å². The standard InChI is InChI=1S/C13H7IN2S/c1-9-16-13(8-17-9)3-2-10-4-11(7-15)6-12(14)5-10/h4-6,8H,1H3. The van der Waals surface area contributed by atoms with E-state index in [1.807, 2.05) is 24.4 Å². The van der Waals surface area contributed by atoms with Crippen molar-refractivity contribution in [3.05, 3.63) is 49.0 Å². The molecule has 1 aromatic heterocycles. The van der Waals surface area contributed by atoms with Crippen molar-refractivity contribution in [3.8, 4) is 17.9 Å². The van der Waals surface area contributed by atoms with Gasteiger partial charge >= 0.3 is 0 Å².